The summed E-state index contributed by atoms with van der Waals surface area (Å²) in [5.41, 5.74) is -2.18. The van der Waals surface area contributed by atoms with Gasteiger partial charge in [-0.2, -0.15) is 0 Å². The molecule has 0 aromatic heterocycles. The van der Waals surface area contributed by atoms with E-state index in [1.54, 1.807) is 0 Å². The van der Waals surface area contributed by atoms with Crippen molar-refractivity contribution in [3.05, 3.63) is 0 Å². The maximum absolute atomic E-state index is 12.0. The van der Waals surface area contributed by atoms with Gasteiger partial charge in [-0.15, -0.1) is 0 Å². The van der Waals surface area contributed by atoms with E-state index in [9.17, 15) is 10.2 Å². The molecule has 0 heterocycles. The summed E-state index contributed by atoms with van der Waals surface area (Å²) in [6.45, 7) is 23.1. The summed E-state index contributed by atoms with van der Waals surface area (Å²) >= 11 is 0. The summed E-state index contributed by atoms with van der Waals surface area (Å²) in [6, 6.07) is 0. The van der Waals surface area contributed by atoms with Gasteiger partial charge in [0.25, 0.3) is 0 Å². The molecule has 0 fully saturated rings. The molecule has 4 unspecified atom stereocenters. The molecule has 0 saturated carbocycles. The maximum Gasteiger partial charge on any atom is 0.186 e. The van der Waals surface area contributed by atoms with Crippen LogP contribution in [0.5, 0.6) is 0 Å². The molecule has 0 aromatic rings. The minimum Gasteiger partial charge on any atom is -0.393 e. The van der Waals surface area contributed by atoms with Crippen molar-refractivity contribution >= 4 is 0 Å². The minimum atomic E-state index is -1.31. The quantitative estimate of drug-likeness (QED) is 0.0465. The van der Waals surface area contributed by atoms with Gasteiger partial charge in [0, 0.05) is 52.9 Å². The Morgan fingerprint density at radius 2 is 0.846 bits per heavy atom. The predicted molar refractivity (Wildman–Crippen MR) is 211 cm³/mol. The van der Waals surface area contributed by atoms with E-state index in [0.29, 0.717) is 65.7 Å². The highest BCUT2D eigenvalue weighted by atomic mass is 16.7. The summed E-state index contributed by atoms with van der Waals surface area (Å²) in [5, 5.41) is 22.6. The Balaban J connectivity index is 6.46. The zero-order chi connectivity index (χ0) is 38.9. The molecule has 0 aromatic carbocycles. The van der Waals surface area contributed by atoms with Gasteiger partial charge in [0.15, 0.2) is 6.29 Å². The number of rotatable bonds is 40. The lowest BCUT2D eigenvalue weighted by molar-refractivity contribution is -0.285. The standard InChI is InChI=1S/C42H86O10/c1-10-17-26-45-33-24-37(47-28-19-12-3)39(49-30-21-14-5)42(9,52-32-23-16-7)40(44)50-34-25-36(46-27-18-11-2)38(48-29-20-13-4)41(8,35-43)51-31-22-15-6/h36-40,43-44H,10-35H2,1-9H3/t36-,37-,38?,39?,40-,41?,42?/m1/s1. The van der Waals surface area contributed by atoms with Crippen molar-refractivity contribution in [3.63, 3.8) is 0 Å². The Bertz CT molecular complexity index is 760. The summed E-state index contributed by atoms with van der Waals surface area (Å²) < 4.78 is 51.4. The van der Waals surface area contributed by atoms with Crippen LogP contribution in [0.25, 0.3) is 0 Å². The molecule has 0 amide bonds. The SMILES string of the molecule is CCCCOCC[C@@H](OCCCC)C(OCCCC)C(C)(OCCCC)[C@H](O)OCC[C@@H](OCCCC)C(OCCCC)C(C)(CO)OCCCC. The molecular formula is C42H86O10. The number of aliphatic hydroxyl groups excluding tert-OH is 2. The normalized spacial score (nSPS) is 17.4. The molecule has 0 radical (unpaired) electrons. The van der Waals surface area contributed by atoms with Crippen LogP contribution in [0.15, 0.2) is 0 Å². The molecule has 0 spiro atoms. The third-order valence-corrected chi connectivity index (χ3v) is 9.60. The minimum absolute atomic E-state index is 0.179. The lowest BCUT2D eigenvalue weighted by Crippen LogP contribution is -2.59. The van der Waals surface area contributed by atoms with Gasteiger partial charge in [-0.25, -0.2) is 0 Å². The van der Waals surface area contributed by atoms with Crippen LogP contribution in [0.4, 0.5) is 0 Å². The first-order valence-electron chi connectivity index (χ1n) is 21.4. The Morgan fingerprint density at radius 1 is 0.442 bits per heavy atom. The fourth-order valence-corrected chi connectivity index (χ4v) is 5.84. The molecule has 0 aliphatic heterocycles. The smallest absolute Gasteiger partial charge is 0.186 e. The first kappa shape index (κ1) is 51.6. The van der Waals surface area contributed by atoms with E-state index in [1.165, 1.54) is 0 Å². The van der Waals surface area contributed by atoms with Crippen LogP contribution in [0.2, 0.25) is 0 Å². The summed E-state index contributed by atoms with van der Waals surface area (Å²) in [6.07, 6.45) is 11.2. The van der Waals surface area contributed by atoms with Crippen molar-refractivity contribution in [2.24, 2.45) is 0 Å². The third kappa shape index (κ3) is 21.6. The van der Waals surface area contributed by atoms with Crippen LogP contribution < -0.4 is 0 Å². The van der Waals surface area contributed by atoms with E-state index in [2.05, 4.69) is 48.5 Å². The number of aliphatic hydroxyl groups is 2. The largest absolute Gasteiger partial charge is 0.393 e. The maximum atomic E-state index is 12.0. The fourth-order valence-electron chi connectivity index (χ4n) is 5.84. The monoisotopic (exact) mass is 751 g/mol. The second kappa shape index (κ2) is 33.9. The van der Waals surface area contributed by atoms with E-state index >= 15 is 0 Å². The first-order valence-corrected chi connectivity index (χ1v) is 21.4. The molecule has 0 bridgehead atoms. The third-order valence-electron chi connectivity index (χ3n) is 9.60. The van der Waals surface area contributed by atoms with E-state index in [4.69, 9.17) is 37.9 Å². The number of hydrogen-bond acceptors (Lipinski definition) is 10. The van der Waals surface area contributed by atoms with Crippen molar-refractivity contribution in [3.8, 4) is 0 Å². The number of ether oxygens (including phenoxy) is 8. The highest BCUT2D eigenvalue weighted by Gasteiger charge is 2.48. The molecular weight excluding hydrogens is 664 g/mol. The van der Waals surface area contributed by atoms with Crippen molar-refractivity contribution in [1.82, 2.24) is 0 Å². The summed E-state index contributed by atoms with van der Waals surface area (Å²) in [5.74, 6) is 0. The highest BCUT2D eigenvalue weighted by Crippen LogP contribution is 2.32. The molecule has 10 nitrogen and oxygen atoms in total. The average molecular weight is 751 g/mol. The lowest BCUT2D eigenvalue weighted by Gasteiger charge is -2.44. The van der Waals surface area contributed by atoms with Gasteiger partial charge in [-0.3, -0.25) is 0 Å². The Hall–Kier alpha value is -0.400. The highest BCUT2D eigenvalue weighted by molar-refractivity contribution is 4.95. The molecule has 7 atom stereocenters. The molecule has 52 heavy (non-hydrogen) atoms. The zero-order valence-corrected chi connectivity index (χ0v) is 35.4. The second-order valence-corrected chi connectivity index (χ2v) is 14.6. The van der Waals surface area contributed by atoms with Crippen LogP contribution in [-0.4, -0.2) is 118 Å². The molecule has 0 aliphatic carbocycles. The predicted octanol–water partition coefficient (Wildman–Crippen LogP) is 8.80. The fraction of sp³-hybridized carbons (Fsp3) is 1.00. The van der Waals surface area contributed by atoms with Gasteiger partial charge in [0.2, 0.25) is 0 Å². The van der Waals surface area contributed by atoms with Crippen molar-refractivity contribution in [1.29, 1.82) is 0 Å². The van der Waals surface area contributed by atoms with Crippen LogP contribution in [0.1, 0.15) is 165 Å². The van der Waals surface area contributed by atoms with Crippen LogP contribution >= 0.6 is 0 Å². The summed E-state index contributed by atoms with van der Waals surface area (Å²) in [4.78, 5) is 0. The molecule has 0 aliphatic rings. The molecule has 314 valence electrons. The Labute approximate surface area is 320 Å². The van der Waals surface area contributed by atoms with E-state index in [-0.39, 0.29) is 19.3 Å². The molecule has 10 heteroatoms. The topological polar surface area (TPSA) is 114 Å². The van der Waals surface area contributed by atoms with Gasteiger partial charge in [-0.05, 0) is 71.6 Å². The van der Waals surface area contributed by atoms with Crippen LogP contribution in [0.3, 0.4) is 0 Å². The van der Waals surface area contributed by atoms with Gasteiger partial charge < -0.3 is 48.1 Å². The lowest BCUT2D eigenvalue weighted by atomic mass is 9.91. The number of hydrogen-bond donors (Lipinski definition) is 2. The van der Waals surface area contributed by atoms with Crippen molar-refractivity contribution < 1.29 is 48.1 Å². The van der Waals surface area contributed by atoms with Crippen molar-refractivity contribution in [2.45, 2.75) is 207 Å². The Kier molecular flexibility index (Phi) is 33.6. The van der Waals surface area contributed by atoms with Crippen LogP contribution in [0, 0.1) is 0 Å². The van der Waals surface area contributed by atoms with Crippen molar-refractivity contribution in [2.75, 3.05) is 66.1 Å². The summed E-state index contributed by atoms with van der Waals surface area (Å²) in [7, 11) is 0. The zero-order valence-electron chi connectivity index (χ0n) is 35.4. The average Bonchev–Trinajstić information content (AvgIpc) is 3.14. The van der Waals surface area contributed by atoms with E-state index in [0.717, 1.165) is 89.9 Å². The Morgan fingerprint density at radius 3 is 1.35 bits per heavy atom. The van der Waals surface area contributed by atoms with Gasteiger partial charge >= 0.3 is 0 Å². The molecule has 0 saturated heterocycles. The van der Waals surface area contributed by atoms with Gasteiger partial charge in [-0.1, -0.05) is 93.4 Å². The van der Waals surface area contributed by atoms with Crippen LogP contribution in [-0.2, 0) is 37.9 Å². The number of unbranched alkanes of at least 4 members (excludes halogenated alkanes) is 7. The first-order chi connectivity index (χ1) is 25.2. The van der Waals surface area contributed by atoms with E-state index < -0.39 is 35.8 Å². The molecule has 2 N–H and O–H groups in total. The van der Waals surface area contributed by atoms with E-state index in [1.807, 2.05) is 13.8 Å². The van der Waals surface area contributed by atoms with Gasteiger partial charge in [0.05, 0.1) is 25.4 Å². The molecule has 0 rings (SSSR count). The van der Waals surface area contributed by atoms with Gasteiger partial charge in [0.1, 0.15) is 23.4 Å². The second-order valence-electron chi connectivity index (χ2n) is 14.6.